The highest BCUT2D eigenvalue weighted by Gasteiger charge is 2.15. The number of hydrogen-bond donors (Lipinski definition) is 1. The largest absolute Gasteiger partial charge is 0.376 e. The summed E-state index contributed by atoms with van der Waals surface area (Å²) in [4.78, 5) is 28.5. The summed E-state index contributed by atoms with van der Waals surface area (Å²) in [6.07, 6.45) is 0.341. The third-order valence-electron chi connectivity index (χ3n) is 3.64. The van der Waals surface area contributed by atoms with Crippen molar-refractivity contribution < 1.29 is 9.59 Å². The fraction of sp³-hybridized carbons (Fsp3) is 0.333. The first-order chi connectivity index (χ1) is 11.3. The van der Waals surface area contributed by atoms with E-state index in [1.807, 2.05) is 45.0 Å². The van der Waals surface area contributed by atoms with Crippen LogP contribution in [0.5, 0.6) is 0 Å². The van der Waals surface area contributed by atoms with Crippen molar-refractivity contribution in [1.82, 2.24) is 0 Å². The molecule has 0 aliphatic carbocycles. The van der Waals surface area contributed by atoms with Crippen LogP contribution in [0, 0.1) is 13.8 Å². The van der Waals surface area contributed by atoms with Gasteiger partial charge in [-0.15, -0.1) is 11.3 Å². The molecule has 0 atom stereocenters. The van der Waals surface area contributed by atoms with E-state index in [1.54, 1.807) is 23.5 Å². The molecule has 0 saturated carbocycles. The van der Waals surface area contributed by atoms with E-state index < -0.39 is 0 Å². The molecule has 2 aromatic rings. The molecule has 4 nitrogen and oxygen atoms in total. The van der Waals surface area contributed by atoms with Gasteiger partial charge in [0.2, 0.25) is 5.91 Å². The van der Waals surface area contributed by atoms with Crippen LogP contribution in [0.4, 0.5) is 11.4 Å². The van der Waals surface area contributed by atoms with E-state index in [1.165, 1.54) is 0 Å². The number of carbonyl (C=O) groups excluding carboxylic acids is 2. The Morgan fingerprint density at radius 2 is 1.88 bits per heavy atom. The molecule has 0 unspecified atom stereocenters. The number of thiophene rings is 1. The van der Waals surface area contributed by atoms with Crippen LogP contribution >= 0.6 is 22.9 Å². The lowest BCUT2D eigenvalue weighted by atomic mass is 10.1. The minimum Gasteiger partial charge on any atom is -0.376 e. The van der Waals surface area contributed by atoms with Crippen molar-refractivity contribution in [2.24, 2.45) is 0 Å². The number of hydrogen-bond acceptors (Lipinski definition) is 4. The van der Waals surface area contributed by atoms with E-state index in [-0.39, 0.29) is 24.5 Å². The van der Waals surface area contributed by atoms with Crippen molar-refractivity contribution in [3.05, 3.63) is 44.6 Å². The van der Waals surface area contributed by atoms with E-state index >= 15 is 0 Å². The molecular weight excluding hydrogens is 344 g/mol. The maximum absolute atomic E-state index is 12.3. The highest BCUT2D eigenvalue weighted by molar-refractivity contribution is 7.12. The van der Waals surface area contributed by atoms with Crippen LogP contribution in [0.3, 0.4) is 0 Å². The molecule has 0 fully saturated rings. The van der Waals surface area contributed by atoms with Crippen LogP contribution in [-0.2, 0) is 4.79 Å². The fourth-order valence-electron chi connectivity index (χ4n) is 2.48. The van der Waals surface area contributed by atoms with Gasteiger partial charge >= 0.3 is 0 Å². The normalized spacial score (nSPS) is 10.5. The summed E-state index contributed by atoms with van der Waals surface area (Å²) in [7, 11) is 3.79. The van der Waals surface area contributed by atoms with Gasteiger partial charge in [-0.05, 0) is 38.1 Å². The number of Topliss-reactive ketones (excluding diaryl/α,β-unsaturated/α-hetero) is 1. The molecule has 1 heterocycles. The van der Waals surface area contributed by atoms with Crippen molar-refractivity contribution in [1.29, 1.82) is 0 Å². The molecule has 24 heavy (non-hydrogen) atoms. The average molecular weight is 365 g/mol. The number of nitrogens with zero attached hydrogens (tertiary/aromatic N) is 1. The van der Waals surface area contributed by atoms with Gasteiger partial charge in [0.15, 0.2) is 5.78 Å². The van der Waals surface area contributed by atoms with E-state index in [9.17, 15) is 9.59 Å². The third-order valence-corrected chi connectivity index (χ3v) is 4.84. The van der Waals surface area contributed by atoms with Gasteiger partial charge in [-0.2, -0.15) is 0 Å². The van der Waals surface area contributed by atoms with Crippen LogP contribution in [0.25, 0.3) is 0 Å². The minimum atomic E-state index is -0.196. The number of halogens is 1. The number of aryl methyl sites for hydroxylation is 2. The topological polar surface area (TPSA) is 49.4 Å². The Balaban J connectivity index is 2.00. The second kappa shape index (κ2) is 7.81. The predicted molar refractivity (Wildman–Crippen MR) is 102 cm³/mol. The van der Waals surface area contributed by atoms with Crippen LogP contribution in [0.1, 0.15) is 33.0 Å². The summed E-state index contributed by atoms with van der Waals surface area (Å²) < 4.78 is 0. The maximum atomic E-state index is 12.3. The second-order valence-corrected chi connectivity index (χ2v) is 7.75. The molecule has 0 spiro atoms. The molecule has 128 valence electrons. The van der Waals surface area contributed by atoms with Crippen molar-refractivity contribution in [2.45, 2.75) is 26.7 Å². The lowest BCUT2D eigenvalue weighted by molar-refractivity contribution is -0.116. The van der Waals surface area contributed by atoms with Crippen LogP contribution < -0.4 is 10.2 Å². The van der Waals surface area contributed by atoms with Crippen molar-refractivity contribution in [2.75, 3.05) is 24.3 Å². The summed E-state index contributed by atoms with van der Waals surface area (Å²) in [5, 5.41) is 3.40. The summed E-state index contributed by atoms with van der Waals surface area (Å²) in [6, 6.07) is 7.22. The number of carbonyl (C=O) groups is 2. The highest BCUT2D eigenvalue weighted by Crippen LogP contribution is 2.28. The SMILES string of the molecule is Cc1cc(C(=O)CCC(=O)Nc2cc(Cl)ccc2N(C)C)c(C)s1. The maximum Gasteiger partial charge on any atom is 0.224 e. The number of nitrogens with one attached hydrogen (secondary N) is 1. The molecule has 0 aliphatic rings. The summed E-state index contributed by atoms with van der Waals surface area (Å²) >= 11 is 7.61. The van der Waals surface area contributed by atoms with E-state index in [2.05, 4.69) is 5.32 Å². The quantitative estimate of drug-likeness (QED) is 0.757. The molecule has 1 amide bonds. The zero-order valence-corrected chi connectivity index (χ0v) is 15.8. The number of benzene rings is 1. The number of ketones is 1. The Morgan fingerprint density at radius 1 is 1.17 bits per heavy atom. The van der Waals surface area contributed by atoms with Crippen molar-refractivity contribution in [3.8, 4) is 0 Å². The molecule has 0 bridgehead atoms. The zero-order valence-electron chi connectivity index (χ0n) is 14.3. The van der Waals surface area contributed by atoms with Gasteiger partial charge in [-0.3, -0.25) is 9.59 Å². The smallest absolute Gasteiger partial charge is 0.224 e. The predicted octanol–water partition coefficient (Wildman–Crippen LogP) is 4.69. The van der Waals surface area contributed by atoms with Gasteiger partial charge in [0, 0.05) is 47.3 Å². The van der Waals surface area contributed by atoms with Crippen LogP contribution in [-0.4, -0.2) is 25.8 Å². The Morgan fingerprint density at radius 3 is 2.46 bits per heavy atom. The first-order valence-electron chi connectivity index (χ1n) is 7.65. The molecule has 0 radical (unpaired) electrons. The highest BCUT2D eigenvalue weighted by atomic mass is 35.5. The summed E-state index contributed by atoms with van der Waals surface area (Å²) in [5.74, 6) is -0.191. The lowest BCUT2D eigenvalue weighted by Crippen LogP contribution is -2.17. The summed E-state index contributed by atoms with van der Waals surface area (Å²) in [6.45, 7) is 3.91. The molecule has 2 rings (SSSR count). The lowest BCUT2D eigenvalue weighted by Gasteiger charge is -2.18. The average Bonchev–Trinajstić information content (AvgIpc) is 2.83. The van der Waals surface area contributed by atoms with E-state index in [0.717, 1.165) is 21.0 Å². The number of rotatable bonds is 6. The molecule has 1 N–H and O–H groups in total. The Kier molecular flexibility index (Phi) is 6.02. The molecule has 0 aliphatic heterocycles. The van der Waals surface area contributed by atoms with Gasteiger partial charge in [0.1, 0.15) is 0 Å². The van der Waals surface area contributed by atoms with Crippen molar-refractivity contribution >= 4 is 46.0 Å². The van der Waals surface area contributed by atoms with Gasteiger partial charge in [0.25, 0.3) is 0 Å². The van der Waals surface area contributed by atoms with Gasteiger partial charge in [-0.25, -0.2) is 0 Å². The van der Waals surface area contributed by atoms with Gasteiger partial charge in [0.05, 0.1) is 11.4 Å². The minimum absolute atomic E-state index is 0.00549. The molecule has 1 aromatic carbocycles. The standard InChI is InChI=1S/C18H21ClN2O2S/c1-11-9-14(12(2)24-11)17(22)7-8-18(23)20-15-10-13(19)5-6-16(15)21(3)4/h5-6,9-10H,7-8H2,1-4H3,(H,20,23). The second-order valence-electron chi connectivity index (χ2n) is 5.85. The van der Waals surface area contributed by atoms with Gasteiger partial charge < -0.3 is 10.2 Å². The number of amides is 1. The van der Waals surface area contributed by atoms with Gasteiger partial charge in [-0.1, -0.05) is 11.6 Å². The zero-order chi connectivity index (χ0) is 17.9. The van der Waals surface area contributed by atoms with E-state index in [4.69, 9.17) is 11.6 Å². The Labute approximate surface area is 151 Å². The molecular formula is C18H21ClN2O2S. The number of anilines is 2. The van der Waals surface area contributed by atoms with Crippen LogP contribution in [0.15, 0.2) is 24.3 Å². The molecule has 6 heteroatoms. The first kappa shape index (κ1) is 18.5. The Hall–Kier alpha value is -1.85. The van der Waals surface area contributed by atoms with E-state index in [0.29, 0.717) is 10.7 Å². The third kappa shape index (κ3) is 4.58. The molecule has 1 aromatic heterocycles. The monoisotopic (exact) mass is 364 g/mol. The fourth-order valence-corrected chi connectivity index (χ4v) is 3.60. The molecule has 0 saturated heterocycles. The first-order valence-corrected chi connectivity index (χ1v) is 8.84. The van der Waals surface area contributed by atoms with Crippen molar-refractivity contribution in [3.63, 3.8) is 0 Å². The summed E-state index contributed by atoms with van der Waals surface area (Å²) in [5.41, 5.74) is 2.23. The van der Waals surface area contributed by atoms with Crippen LogP contribution in [0.2, 0.25) is 5.02 Å². The Bertz CT molecular complexity index is 768.